The third-order valence-corrected chi connectivity index (χ3v) is 4.92. The fraction of sp³-hybridized carbons (Fsp3) is 0.368. The van der Waals surface area contributed by atoms with E-state index in [-0.39, 0.29) is 17.8 Å². The van der Waals surface area contributed by atoms with Gasteiger partial charge in [0.05, 0.1) is 5.69 Å². The van der Waals surface area contributed by atoms with Crippen LogP contribution >= 0.6 is 0 Å². The van der Waals surface area contributed by atoms with Crippen LogP contribution in [-0.2, 0) is 9.53 Å². The quantitative estimate of drug-likeness (QED) is 0.920. The molecule has 1 spiro atoms. The number of hydrogen-bond acceptors (Lipinski definition) is 3. The SMILES string of the molecule is O=C1NCCC[C@]12CC[C@H](c1cc(-c3ccc(F)cc3)ccn1)O2. The van der Waals surface area contributed by atoms with Crippen LogP contribution in [0.3, 0.4) is 0 Å². The molecule has 2 aromatic rings. The molecule has 2 aliphatic heterocycles. The summed E-state index contributed by atoms with van der Waals surface area (Å²) in [5.41, 5.74) is 2.05. The third kappa shape index (κ3) is 2.69. The van der Waals surface area contributed by atoms with E-state index >= 15 is 0 Å². The second-order valence-corrected chi connectivity index (χ2v) is 6.48. The van der Waals surface area contributed by atoms with E-state index in [1.165, 1.54) is 12.1 Å². The summed E-state index contributed by atoms with van der Waals surface area (Å²) in [6.07, 6.45) is 4.80. The highest BCUT2D eigenvalue weighted by Gasteiger charge is 2.48. The van der Waals surface area contributed by atoms with E-state index in [4.69, 9.17) is 4.74 Å². The summed E-state index contributed by atoms with van der Waals surface area (Å²) in [6, 6.07) is 10.3. The van der Waals surface area contributed by atoms with Crippen LogP contribution in [0.1, 0.15) is 37.5 Å². The number of rotatable bonds is 2. The largest absolute Gasteiger partial charge is 0.356 e. The lowest BCUT2D eigenvalue weighted by molar-refractivity contribution is -0.150. The van der Waals surface area contributed by atoms with Gasteiger partial charge in [0.1, 0.15) is 17.5 Å². The van der Waals surface area contributed by atoms with Crippen molar-refractivity contribution in [1.29, 1.82) is 0 Å². The van der Waals surface area contributed by atoms with Gasteiger partial charge in [-0.25, -0.2) is 4.39 Å². The van der Waals surface area contributed by atoms with Crippen LogP contribution in [-0.4, -0.2) is 23.0 Å². The number of pyridine rings is 1. The van der Waals surface area contributed by atoms with E-state index in [1.54, 1.807) is 18.3 Å². The maximum absolute atomic E-state index is 13.1. The Balaban J connectivity index is 1.58. The van der Waals surface area contributed by atoms with Gasteiger partial charge in [0.15, 0.2) is 0 Å². The zero-order valence-electron chi connectivity index (χ0n) is 13.3. The summed E-state index contributed by atoms with van der Waals surface area (Å²) in [7, 11) is 0. The number of nitrogens with one attached hydrogen (secondary N) is 1. The number of nitrogens with zero attached hydrogens (tertiary/aromatic N) is 1. The first-order valence-corrected chi connectivity index (χ1v) is 8.34. The van der Waals surface area contributed by atoms with Gasteiger partial charge in [-0.3, -0.25) is 9.78 Å². The van der Waals surface area contributed by atoms with E-state index in [0.29, 0.717) is 0 Å². The third-order valence-electron chi connectivity index (χ3n) is 4.92. The molecular formula is C19H19FN2O2. The molecule has 4 rings (SSSR count). The van der Waals surface area contributed by atoms with Gasteiger partial charge in [-0.05, 0) is 61.1 Å². The summed E-state index contributed by atoms with van der Waals surface area (Å²) in [6.45, 7) is 0.729. The average Bonchev–Trinajstić information content (AvgIpc) is 3.04. The van der Waals surface area contributed by atoms with Crippen molar-refractivity contribution in [2.24, 2.45) is 0 Å². The van der Waals surface area contributed by atoms with E-state index in [0.717, 1.165) is 49.0 Å². The van der Waals surface area contributed by atoms with Crippen molar-refractivity contribution < 1.29 is 13.9 Å². The lowest BCUT2D eigenvalue weighted by atomic mass is 9.90. The molecule has 24 heavy (non-hydrogen) atoms. The Morgan fingerprint density at radius 2 is 2.00 bits per heavy atom. The molecule has 0 aliphatic carbocycles. The topological polar surface area (TPSA) is 51.2 Å². The molecule has 0 saturated carbocycles. The molecule has 0 bridgehead atoms. The lowest BCUT2D eigenvalue weighted by Gasteiger charge is -2.32. The van der Waals surface area contributed by atoms with Crippen LogP contribution in [0.15, 0.2) is 42.6 Å². The van der Waals surface area contributed by atoms with Crippen LogP contribution in [0, 0.1) is 5.82 Å². The van der Waals surface area contributed by atoms with E-state index in [9.17, 15) is 9.18 Å². The van der Waals surface area contributed by atoms with Crippen molar-refractivity contribution >= 4 is 5.91 Å². The summed E-state index contributed by atoms with van der Waals surface area (Å²) in [5.74, 6) is -0.247. The monoisotopic (exact) mass is 326 g/mol. The van der Waals surface area contributed by atoms with Gasteiger partial charge in [-0.15, -0.1) is 0 Å². The molecule has 4 nitrogen and oxygen atoms in total. The molecule has 2 fully saturated rings. The minimum absolute atomic E-state index is 0.00550. The number of amides is 1. The lowest BCUT2D eigenvalue weighted by Crippen LogP contribution is -2.50. The number of hydrogen-bond donors (Lipinski definition) is 1. The summed E-state index contributed by atoms with van der Waals surface area (Å²) < 4.78 is 19.3. The minimum Gasteiger partial charge on any atom is -0.356 e. The first-order valence-electron chi connectivity index (χ1n) is 8.34. The standard InChI is InChI=1S/C19H19FN2O2/c20-15-4-2-13(3-5-15)14-7-11-21-16(12-14)17-6-9-19(24-17)8-1-10-22-18(19)23/h2-5,7,11-12,17H,1,6,8-10H2,(H,22,23)/t17-,19+/m1/s1. The van der Waals surface area contributed by atoms with Crippen molar-refractivity contribution in [3.8, 4) is 11.1 Å². The highest BCUT2D eigenvalue weighted by Crippen LogP contribution is 2.43. The number of carbonyl (C=O) groups is 1. The predicted octanol–water partition coefficient (Wildman–Crippen LogP) is 3.39. The second kappa shape index (κ2) is 5.98. The van der Waals surface area contributed by atoms with Gasteiger partial charge in [0.2, 0.25) is 0 Å². The van der Waals surface area contributed by atoms with Crippen molar-refractivity contribution in [2.45, 2.75) is 37.4 Å². The summed E-state index contributed by atoms with van der Waals surface area (Å²) in [4.78, 5) is 16.7. The van der Waals surface area contributed by atoms with E-state index < -0.39 is 5.60 Å². The van der Waals surface area contributed by atoms with Crippen molar-refractivity contribution in [3.05, 3.63) is 54.1 Å². The first-order chi connectivity index (χ1) is 11.7. The highest BCUT2D eigenvalue weighted by molar-refractivity contribution is 5.86. The molecule has 3 heterocycles. The molecule has 1 aromatic heterocycles. The summed E-state index contributed by atoms with van der Waals surface area (Å²) >= 11 is 0. The van der Waals surface area contributed by atoms with E-state index in [1.807, 2.05) is 12.1 Å². The maximum Gasteiger partial charge on any atom is 0.252 e. The molecule has 0 unspecified atom stereocenters. The van der Waals surface area contributed by atoms with Crippen molar-refractivity contribution in [1.82, 2.24) is 10.3 Å². The molecule has 1 amide bonds. The van der Waals surface area contributed by atoms with Gasteiger partial charge in [-0.1, -0.05) is 12.1 Å². The van der Waals surface area contributed by atoms with Crippen molar-refractivity contribution in [3.63, 3.8) is 0 Å². The number of carbonyl (C=O) groups excluding carboxylic acids is 1. The normalized spacial score (nSPS) is 26.5. The van der Waals surface area contributed by atoms with Gasteiger partial charge < -0.3 is 10.1 Å². The molecule has 2 aliphatic rings. The number of ether oxygens (including phenoxy) is 1. The fourth-order valence-electron chi connectivity index (χ4n) is 3.61. The van der Waals surface area contributed by atoms with Gasteiger partial charge >= 0.3 is 0 Å². The smallest absolute Gasteiger partial charge is 0.252 e. The molecule has 0 radical (unpaired) electrons. The molecule has 1 aromatic carbocycles. The second-order valence-electron chi connectivity index (χ2n) is 6.48. The Morgan fingerprint density at radius 3 is 2.79 bits per heavy atom. The highest BCUT2D eigenvalue weighted by atomic mass is 19.1. The molecule has 2 atom stereocenters. The molecular weight excluding hydrogens is 307 g/mol. The van der Waals surface area contributed by atoms with Gasteiger partial charge in [0, 0.05) is 12.7 Å². The molecule has 1 N–H and O–H groups in total. The Labute approximate surface area is 140 Å². The minimum atomic E-state index is -0.684. The molecule has 2 saturated heterocycles. The van der Waals surface area contributed by atoms with Gasteiger partial charge in [0.25, 0.3) is 5.91 Å². The Morgan fingerprint density at radius 1 is 1.17 bits per heavy atom. The average molecular weight is 326 g/mol. The van der Waals surface area contributed by atoms with Crippen LogP contribution in [0.2, 0.25) is 0 Å². The summed E-state index contributed by atoms with van der Waals surface area (Å²) in [5, 5.41) is 2.91. The van der Waals surface area contributed by atoms with E-state index in [2.05, 4.69) is 10.3 Å². The molecule has 5 heteroatoms. The molecule has 124 valence electrons. The predicted molar refractivity (Wildman–Crippen MR) is 87.7 cm³/mol. The Bertz CT molecular complexity index is 762. The van der Waals surface area contributed by atoms with Crippen LogP contribution in [0.5, 0.6) is 0 Å². The van der Waals surface area contributed by atoms with Crippen LogP contribution < -0.4 is 5.32 Å². The fourth-order valence-corrected chi connectivity index (χ4v) is 3.61. The van der Waals surface area contributed by atoms with Crippen LogP contribution in [0.4, 0.5) is 4.39 Å². The van der Waals surface area contributed by atoms with Crippen LogP contribution in [0.25, 0.3) is 11.1 Å². The number of piperidine rings is 1. The Hall–Kier alpha value is -2.27. The Kier molecular flexibility index (Phi) is 3.81. The number of halogens is 1. The van der Waals surface area contributed by atoms with Crippen molar-refractivity contribution in [2.75, 3.05) is 6.54 Å². The zero-order chi connectivity index (χ0) is 16.6. The first kappa shape index (κ1) is 15.3. The number of benzene rings is 1. The maximum atomic E-state index is 13.1. The number of aromatic nitrogens is 1. The van der Waals surface area contributed by atoms with Gasteiger partial charge in [-0.2, -0.15) is 0 Å². The zero-order valence-corrected chi connectivity index (χ0v) is 13.3.